The Labute approximate surface area is 156 Å². The van der Waals surface area contributed by atoms with E-state index in [1.165, 1.54) is 24.3 Å². The van der Waals surface area contributed by atoms with Crippen LogP contribution in [0.4, 0.5) is 17.6 Å². The molecule has 0 aliphatic rings. The lowest BCUT2D eigenvalue weighted by Gasteiger charge is -2.06. The standard InChI is InChI=1S/C21H13BrF4/c22-20-3-1-2-16(19(20)13-15-6-10-18(23)11-7-15)12-14-4-8-17(9-5-14)21(24,25)26/h1-13H. The van der Waals surface area contributed by atoms with Gasteiger partial charge >= 0.3 is 6.18 Å². The first-order valence-corrected chi connectivity index (χ1v) is 8.53. The third-order valence-electron chi connectivity index (χ3n) is 3.83. The first-order chi connectivity index (χ1) is 12.3. The van der Waals surface area contributed by atoms with Gasteiger partial charge in [0.25, 0.3) is 0 Å². The van der Waals surface area contributed by atoms with Crippen molar-refractivity contribution in [2.45, 2.75) is 6.18 Å². The molecule has 0 aliphatic carbocycles. The summed E-state index contributed by atoms with van der Waals surface area (Å²) < 4.78 is 52.0. The molecule has 0 aromatic heterocycles. The fraction of sp³-hybridized carbons (Fsp3) is 0.0476. The molecule has 0 spiro atoms. The molecule has 0 N–H and O–H groups in total. The second-order valence-electron chi connectivity index (χ2n) is 5.70. The first-order valence-electron chi connectivity index (χ1n) is 7.74. The van der Waals surface area contributed by atoms with Gasteiger partial charge in [0.1, 0.15) is 5.82 Å². The van der Waals surface area contributed by atoms with Crippen molar-refractivity contribution < 1.29 is 17.6 Å². The topological polar surface area (TPSA) is 0 Å². The van der Waals surface area contributed by atoms with E-state index in [0.29, 0.717) is 5.56 Å². The van der Waals surface area contributed by atoms with Crippen molar-refractivity contribution in [3.63, 3.8) is 0 Å². The van der Waals surface area contributed by atoms with Gasteiger partial charge in [-0.05, 0) is 64.0 Å². The minimum absolute atomic E-state index is 0.314. The Morgan fingerprint density at radius 2 is 1.31 bits per heavy atom. The lowest BCUT2D eigenvalue weighted by molar-refractivity contribution is -0.137. The van der Waals surface area contributed by atoms with Crippen LogP contribution in [0.2, 0.25) is 0 Å². The second-order valence-corrected chi connectivity index (χ2v) is 6.56. The van der Waals surface area contributed by atoms with Crippen LogP contribution in [0.5, 0.6) is 0 Å². The van der Waals surface area contributed by atoms with Crippen LogP contribution in [0.15, 0.2) is 71.2 Å². The molecule has 3 rings (SSSR count). The van der Waals surface area contributed by atoms with Crippen molar-refractivity contribution in [3.05, 3.63) is 104 Å². The molecule has 0 saturated heterocycles. The van der Waals surface area contributed by atoms with Crippen LogP contribution in [0.1, 0.15) is 16.7 Å². The third-order valence-corrected chi connectivity index (χ3v) is 4.52. The molecule has 0 atom stereocenters. The van der Waals surface area contributed by atoms with Gasteiger partial charge < -0.3 is 0 Å². The van der Waals surface area contributed by atoms with Gasteiger partial charge in [0.05, 0.1) is 5.56 Å². The predicted octanol–water partition coefficient (Wildman–Crippen LogP) is 5.26. The van der Waals surface area contributed by atoms with E-state index in [2.05, 4.69) is 15.9 Å². The fourth-order valence-electron chi connectivity index (χ4n) is 2.51. The molecule has 0 heterocycles. The SMILES string of the molecule is Fc1ccc(C=c2c(Br)cccc2=Cc2ccc(C(F)(F)F)cc2)cc1. The van der Waals surface area contributed by atoms with Crippen molar-refractivity contribution in [2.24, 2.45) is 0 Å². The van der Waals surface area contributed by atoms with Crippen LogP contribution in [0, 0.1) is 5.82 Å². The van der Waals surface area contributed by atoms with Crippen LogP contribution < -0.4 is 10.4 Å². The summed E-state index contributed by atoms with van der Waals surface area (Å²) in [5, 5.41) is 1.70. The molecule has 0 aliphatic heterocycles. The molecule has 0 fully saturated rings. The van der Waals surface area contributed by atoms with E-state index >= 15 is 0 Å². The maximum absolute atomic E-state index is 13.1. The monoisotopic (exact) mass is 420 g/mol. The van der Waals surface area contributed by atoms with Gasteiger partial charge in [-0.25, -0.2) is 4.39 Å². The zero-order valence-corrected chi connectivity index (χ0v) is 15.0. The summed E-state index contributed by atoms with van der Waals surface area (Å²) >= 11 is 3.50. The minimum atomic E-state index is -4.35. The molecule has 0 nitrogen and oxygen atoms in total. The molecule has 0 saturated carbocycles. The molecular weight excluding hydrogens is 408 g/mol. The highest BCUT2D eigenvalue weighted by molar-refractivity contribution is 9.10. The summed E-state index contributed by atoms with van der Waals surface area (Å²) in [5.74, 6) is -0.314. The molecule has 3 aromatic rings. The molecule has 26 heavy (non-hydrogen) atoms. The average Bonchev–Trinajstić information content (AvgIpc) is 2.59. The number of benzene rings is 3. The van der Waals surface area contributed by atoms with Gasteiger partial charge in [-0.1, -0.05) is 52.3 Å². The van der Waals surface area contributed by atoms with Gasteiger partial charge in [0.15, 0.2) is 0 Å². The van der Waals surface area contributed by atoms with E-state index in [1.54, 1.807) is 18.2 Å². The summed E-state index contributed by atoms with van der Waals surface area (Å²) in [6.45, 7) is 0. The van der Waals surface area contributed by atoms with Gasteiger partial charge in [-0.3, -0.25) is 0 Å². The normalized spacial score (nSPS) is 13.3. The molecule has 3 aromatic carbocycles. The van der Waals surface area contributed by atoms with Crippen molar-refractivity contribution in [2.75, 3.05) is 0 Å². The maximum atomic E-state index is 13.1. The number of halogens is 5. The molecule has 0 bridgehead atoms. The van der Waals surface area contributed by atoms with Crippen LogP contribution >= 0.6 is 15.9 Å². The lowest BCUT2D eigenvalue weighted by Crippen LogP contribution is -2.25. The lowest BCUT2D eigenvalue weighted by atomic mass is 10.1. The van der Waals surface area contributed by atoms with Gasteiger partial charge in [0.2, 0.25) is 0 Å². The van der Waals surface area contributed by atoms with Gasteiger partial charge in [-0.15, -0.1) is 0 Å². The van der Waals surface area contributed by atoms with Crippen LogP contribution in [0.25, 0.3) is 12.2 Å². The Hall–Kier alpha value is -2.40. The molecule has 0 radical (unpaired) electrons. The number of hydrogen-bond acceptors (Lipinski definition) is 0. The molecule has 0 amide bonds. The summed E-state index contributed by atoms with van der Waals surface area (Å²) in [6.07, 6.45) is -0.657. The maximum Gasteiger partial charge on any atom is 0.416 e. The minimum Gasteiger partial charge on any atom is -0.207 e. The zero-order chi connectivity index (χ0) is 18.7. The van der Waals surface area contributed by atoms with Crippen molar-refractivity contribution >= 4 is 28.1 Å². The summed E-state index contributed by atoms with van der Waals surface area (Å²) in [7, 11) is 0. The first kappa shape index (κ1) is 18.4. The Kier molecular flexibility index (Phi) is 5.28. The van der Waals surface area contributed by atoms with E-state index < -0.39 is 11.7 Å². The Balaban J connectivity index is 2.10. The predicted molar refractivity (Wildman–Crippen MR) is 98.4 cm³/mol. The van der Waals surface area contributed by atoms with Crippen LogP contribution in [0.3, 0.4) is 0 Å². The van der Waals surface area contributed by atoms with Crippen molar-refractivity contribution in [1.29, 1.82) is 0 Å². The highest BCUT2D eigenvalue weighted by Gasteiger charge is 2.29. The van der Waals surface area contributed by atoms with Crippen LogP contribution in [-0.2, 0) is 6.18 Å². The van der Waals surface area contributed by atoms with E-state index in [1.807, 2.05) is 24.3 Å². The molecule has 0 unspecified atom stereocenters. The fourth-order valence-corrected chi connectivity index (χ4v) is 3.00. The van der Waals surface area contributed by atoms with Crippen molar-refractivity contribution in [3.8, 4) is 0 Å². The van der Waals surface area contributed by atoms with Gasteiger partial charge in [0, 0.05) is 4.47 Å². The van der Waals surface area contributed by atoms with Gasteiger partial charge in [-0.2, -0.15) is 13.2 Å². The molecule has 132 valence electrons. The highest BCUT2D eigenvalue weighted by Crippen LogP contribution is 2.29. The quantitative estimate of drug-likeness (QED) is 0.495. The Bertz CT molecular complexity index is 1020. The smallest absolute Gasteiger partial charge is 0.207 e. The summed E-state index contributed by atoms with van der Waals surface area (Å²) in [5.41, 5.74) is 0.798. The zero-order valence-electron chi connectivity index (χ0n) is 13.4. The molecule has 5 heteroatoms. The number of rotatable bonds is 2. The number of hydrogen-bond donors (Lipinski definition) is 0. The third kappa shape index (κ3) is 4.41. The van der Waals surface area contributed by atoms with E-state index in [9.17, 15) is 17.6 Å². The second kappa shape index (κ2) is 7.46. The Morgan fingerprint density at radius 3 is 1.92 bits per heavy atom. The summed E-state index contributed by atoms with van der Waals surface area (Å²) in [6, 6.07) is 16.7. The largest absolute Gasteiger partial charge is 0.416 e. The van der Waals surface area contributed by atoms with Crippen molar-refractivity contribution in [1.82, 2.24) is 0 Å². The number of alkyl halides is 3. The Morgan fingerprint density at radius 1 is 0.731 bits per heavy atom. The summed E-state index contributed by atoms with van der Waals surface area (Å²) in [4.78, 5) is 0. The average molecular weight is 421 g/mol. The van der Waals surface area contributed by atoms with E-state index in [-0.39, 0.29) is 5.82 Å². The molecular formula is C21H13BrF4. The highest BCUT2D eigenvalue weighted by atomic mass is 79.9. The van der Waals surface area contributed by atoms with E-state index in [4.69, 9.17) is 0 Å². The van der Waals surface area contributed by atoms with E-state index in [0.717, 1.165) is 32.6 Å². The van der Waals surface area contributed by atoms with Crippen LogP contribution in [-0.4, -0.2) is 0 Å².